The van der Waals surface area contributed by atoms with E-state index in [1.807, 2.05) is 4.90 Å². The molecule has 148 valence electrons. The van der Waals surface area contributed by atoms with Crippen LogP contribution in [0.15, 0.2) is 12.3 Å². The number of nitrogens with two attached hydrogens (primary N) is 1. The van der Waals surface area contributed by atoms with E-state index in [0.717, 1.165) is 12.5 Å². The van der Waals surface area contributed by atoms with Crippen LogP contribution in [0.3, 0.4) is 0 Å². The molecule has 0 spiro atoms. The van der Waals surface area contributed by atoms with Gasteiger partial charge in [-0.1, -0.05) is 0 Å². The molecular formula is C19H30N6O2. The van der Waals surface area contributed by atoms with Crippen LogP contribution in [0.5, 0.6) is 0 Å². The van der Waals surface area contributed by atoms with Crippen LogP contribution < -0.4 is 11.1 Å². The van der Waals surface area contributed by atoms with E-state index in [1.165, 1.54) is 45.3 Å². The van der Waals surface area contributed by atoms with Crippen molar-refractivity contribution in [3.05, 3.63) is 12.3 Å². The van der Waals surface area contributed by atoms with Crippen molar-refractivity contribution in [3.8, 4) is 0 Å². The summed E-state index contributed by atoms with van der Waals surface area (Å²) in [7, 11) is 0. The van der Waals surface area contributed by atoms with Crippen molar-refractivity contribution in [1.29, 1.82) is 0 Å². The number of hydrogen-bond donors (Lipinski definition) is 2. The van der Waals surface area contributed by atoms with Crippen LogP contribution in [0, 0.1) is 11.8 Å². The minimum Gasteiger partial charge on any atom is -0.384 e. The van der Waals surface area contributed by atoms with Gasteiger partial charge in [0.1, 0.15) is 12.4 Å². The summed E-state index contributed by atoms with van der Waals surface area (Å²) in [6.45, 7) is 5.83. The summed E-state index contributed by atoms with van der Waals surface area (Å²) >= 11 is 0. The minimum absolute atomic E-state index is 0.0531. The predicted octanol–water partition coefficient (Wildman–Crippen LogP) is 0.820. The molecule has 0 bridgehead atoms. The first kappa shape index (κ1) is 18.4. The van der Waals surface area contributed by atoms with Crippen LogP contribution in [0.2, 0.25) is 0 Å². The van der Waals surface area contributed by atoms with Crippen molar-refractivity contribution < 1.29 is 9.53 Å². The smallest absolute Gasteiger partial charge is 0.248 e. The second-order valence-corrected chi connectivity index (χ2v) is 8.11. The zero-order valence-corrected chi connectivity index (χ0v) is 15.8. The van der Waals surface area contributed by atoms with Gasteiger partial charge in [-0.3, -0.25) is 4.79 Å². The molecule has 3 N–H and O–H groups in total. The number of nitrogens with zero attached hydrogens (tertiary/aromatic N) is 4. The van der Waals surface area contributed by atoms with E-state index in [1.54, 1.807) is 12.3 Å². The third-order valence-electron chi connectivity index (χ3n) is 5.78. The van der Waals surface area contributed by atoms with Gasteiger partial charge in [0.2, 0.25) is 11.9 Å². The van der Waals surface area contributed by atoms with E-state index in [2.05, 4.69) is 20.2 Å². The number of morpholine rings is 1. The summed E-state index contributed by atoms with van der Waals surface area (Å²) in [5, 5.41) is 3.15. The molecule has 3 fully saturated rings. The van der Waals surface area contributed by atoms with E-state index in [4.69, 9.17) is 10.5 Å². The standard InChI is InChI=1S/C19H30N6O2/c20-17-3-6-21-19(23-17)22-9-16-12-25(18(26)13-27-16)11-15-4-7-24(8-5-15)10-14-1-2-14/h3,6,14-16H,1-2,4-5,7-13H2,(H3,20,21,22,23). The van der Waals surface area contributed by atoms with Crippen molar-refractivity contribution >= 4 is 17.7 Å². The van der Waals surface area contributed by atoms with Gasteiger partial charge in [-0.15, -0.1) is 0 Å². The number of ether oxygens (including phenoxy) is 1. The maximum Gasteiger partial charge on any atom is 0.248 e. The SMILES string of the molecule is Nc1ccnc(NCC2CN(CC3CCN(CC4CC4)CC3)C(=O)CO2)n1. The van der Waals surface area contributed by atoms with Crippen LogP contribution in [0.4, 0.5) is 11.8 Å². The average molecular weight is 374 g/mol. The van der Waals surface area contributed by atoms with Gasteiger partial charge in [-0.2, -0.15) is 4.98 Å². The fourth-order valence-electron chi connectivity index (χ4n) is 3.97. The van der Waals surface area contributed by atoms with E-state index in [0.29, 0.717) is 30.8 Å². The number of anilines is 2. The van der Waals surface area contributed by atoms with Crippen molar-refractivity contribution in [3.63, 3.8) is 0 Å². The number of carbonyl (C=O) groups is 1. The highest BCUT2D eigenvalue weighted by Gasteiger charge is 2.31. The van der Waals surface area contributed by atoms with Gasteiger partial charge in [0.15, 0.2) is 0 Å². The number of hydrogen-bond acceptors (Lipinski definition) is 7. The lowest BCUT2D eigenvalue weighted by Gasteiger charge is -2.38. The van der Waals surface area contributed by atoms with E-state index in [-0.39, 0.29) is 18.6 Å². The van der Waals surface area contributed by atoms with E-state index >= 15 is 0 Å². The summed E-state index contributed by atoms with van der Waals surface area (Å²) in [5.41, 5.74) is 5.67. The zero-order chi connectivity index (χ0) is 18.6. The summed E-state index contributed by atoms with van der Waals surface area (Å²) in [6.07, 6.45) is 6.78. The van der Waals surface area contributed by atoms with Crippen LogP contribution in [-0.4, -0.2) is 77.7 Å². The molecule has 3 aliphatic rings. The Morgan fingerprint density at radius 1 is 1.19 bits per heavy atom. The molecule has 8 heteroatoms. The minimum atomic E-state index is -0.0531. The van der Waals surface area contributed by atoms with Gasteiger partial charge >= 0.3 is 0 Å². The zero-order valence-electron chi connectivity index (χ0n) is 15.8. The third kappa shape index (κ3) is 5.29. The molecule has 1 aromatic heterocycles. The van der Waals surface area contributed by atoms with Crippen LogP contribution in [0.1, 0.15) is 25.7 Å². The Morgan fingerprint density at radius 3 is 2.70 bits per heavy atom. The molecule has 2 aliphatic heterocycles. The lowest BCUT2D eigenvalue weighted by molar-refractivity contribution is -0.149. The summed E-state index contributed by atoms with van der Waals surface area (Å²) in [6, 6.07) is 1.65. The number of amides is 1. The second kappa shape index (κ2) is 8.39. The summed E-state index contributed by atoms with van der Waals surface area (Å²) < 4.78 is 5.68. The normalized spacial score (nSPS) is 25.0. The largest absolute Gasteiger partial charge is 0.384 e. The molecule has 1 atom stereocenters. The van der Waals surface area contributed by atoms with Crippen LogP contribution in [0.25, 0.3) is 0 Å². The van der Waals surface area contributed by atoms with Gasteiger partial charge in [0, 0.05) is 32.4 Å². The number of piperidine rings is 1. The van der Waals surface area contributed by atoms with E-state index < -0.39 is 0 Å². The van der Waals surface area contributed by atoms with Gasteiger partial charge in [0.25, 0.3) is 0 Å². The fourth-order valence-corrected chi connectivity index (χ4v) is 3.97. The molecule has 1 aromatic rings. The molecule has 4 rings (SSSR count). The third-order valence-corrected chi connectivity index (χ3v) is 5.78. The van der Waals surface area contributed by atoms with Crippen molar-refractivity contribution in [1.82, 2.24) is 19.8 Å². The maximum atomic E-state index is 12.3. The number of aromatic nitrogens is 2. The van der Waals surface area contributed by atoms with Gasteiger partial charge < -0.3 is 25.6 Å². The first-order valence-corrected chi connectivity index (χ1v) is 10.1. The van der Waals surface area contributed by atoms with Gasteiger partial charge in [-0.05, 0) is 56.7 Å². The van der Waals surface area contributed by atoms with Crippen LogP contribution >= 0.6 is 0 Å². The number of nitrogen functional groups attached to an aromatic ring is 1. The number of carbonyl (C=O) groups excluding carboxylic acids is 1. The molecule has 1 unspecified atom stereocenters. The number of likely N-dealkylation sites (tertiary alicyclic amines) is 1. The highest BCUT2D eigenvalue weighted by Crippen LogP contribution is 2.31. The Labute approximate surface area is 160 Å². The molecule has 27 heavy (non-hydrogen) atoms. The summed E-state index contributed by atoms with van der Waals surface area (Å²) in [5.74, 6) is 2.59. The Hall–Kier alpha value is -1.93. The number of nitrogens with one attached hydrogen (secondary N) is 1. The predicted molar refractivity (Wildman–Crippen MR) is 103 cm³/mol. The lowest BCUT2D eigenvalue weighted by atomic mass is 9.95. The Balaban J connectivity index is 1.22. The summed E-state index contributed by atoms with van der Waals surface area (Å²) in [4.78, 5) is 25.1. The Kier molecular flexibility index (Phi) is 5.73. The maximum absolute atomic E-state index is 12.3. The molecular weight excluding hydrogens is 344 g/mol. The molecule has 1 aliphatic carbocycles. The van der Waals surface area contributed by atoms with Crippen molar-refractivity contribution in [2.45, 2.75) is 31.8 Å². The second-order valence-electron chi connectivity index (χ2n) is 8.11. The quantitative estimate of drug-likeness (QED) is 0.729. The molecule has 3 heterocycles. The first-order chi connectivity index (χ1) is 13.2. The average Bonchev–Trinajstić information content (AvgIpc) is 3.48. The van der Waals surface area contributed by atoms with Crippen LogP contribution in [-0.2, 0) is 9.53 Å². The highest BCUT2D eigenvalue weighted by molar-refractivity contribution is 5.78. The molecule has 0 radical (unpaired) electrons. The highest BCUT2D eigenvalue weighted by atomic mass is 16.5. The fraction of sp³-hybridized carbons (Fsp3) is 0.737. The Bertz CT molecular complexity index is 645. The van der Waals surface area contributed by atoms with Crippen molar-refractivity contribution in [2.24, 2.45) is 11.8 Å². The monoisotopic (exact) mass is 374 g/mol. The molecule has 1 saturated carbocycles. The van der Waals surface area contributed by atoms with Gasteiger partial charge in [-0.25, -0.2) is 4.98 Å². The van der Waals surface area contributed by atoms with Crippen molar-refractivity contribution in [2.75, 3.05) is 56.9 Å². The van der Waals surface area contributed by atoms with E-state index in [9.17, 15) is 4.79 Å². The molecule has 1 amide bonds. The first-order valence-electron chi connectivity index (χ1n) is 10.1. The van der Waals surface area contributed by atoms with Gasteiger partial charge in [0.05, 0.1) is 6.10 Å². The number of rotatable bonds is 7. The Morgan fingerprint density at radius 2 is 1.96 bits per heavy atom. The molecule has 0 aromatic carbocycles. The molecule has 2 saturated heterocycles. The topological polar surface area (TPSA) is 96.6 Å². The molecule has 8 nitrogen and oxygen atoms in total. The lowest BCUT2D eigenvalue weighted by Crippen LogP contribution is -2.51.